The molecule has 4 aliphatic rings. The topological polar surface area (TPSA) is 96.4 Å². The molecule has 0 aromatic heterocycles. The number of hydrogen-bond acceptors (Lipinski definition) is 6. The number of aliphatic hydroxyl groups excluding tert-OH is 1. The summed E-state index contributed by atoms with van der Waals surface area (Å²) >= 11 is 0. The van der Waals surface area contributed by atoms with E-state index in [2.05, 4.69) is 40.7 Å². The fourth-order valence-corrected chi connectivity index (χ4v) is 8.45. The van der Waals surface area contributed by atoms with Gasteiger partial charge in [-0.05, 0) is 63.4 Å². The van der Waals surface area contributed by atoms with Crippen LogP contribution in [-0.2, 0) is 30.3 Å². The number of fused-ring (bicyclic) bond motifs is 2. The number of benzene rings is 1. The highest BCUT2D eigenvalue weighted by Crippen LogP contribution is 2.59. The molecule has 44 heavy (non-hydrogen) atoms. The Kier molecular flexibility index (Phi) is 8.91. The van der Waals surface area contributed by atoms with Crippen LogP contribution in [0.1, 0.15) is 79.2 Å². The molecule has 1 N–H and O–H groups in total. The first-order valence-corrected chi connectivity index (χ1v) is 16.3. The Bertz CT molecular complexity index is 1300. The van der Waals surface area contributed by atoms with Gasteiger partial charge in [-0.2, -0.15) is 0 Å². The molecule has 1 spiro atoms. The van der Waals surface area contributed by atoms with Crippen LogP contribution < -0.4 is 0 Å². The maximum absolute atomic E-state index is 15.0. The lowest BCUT2D eigenvalue weighted by molar-refractivity contribution is -0.164. The first-order chi connectivity index (χ1) is 20.8. The van der Waals surface area contributed by atoms with Gasteiger partial charge in [0.15, 0.2) is 0 Å². The van der Waals surface area contributed by atoms with Gasteiger partial charge in [-0.25, -0.2) is 0 Å². The number of likely N-dealkylation sites (tertiary alicyclic amines) is 1. The van der Waals surface area contributed by atoms with E-state index in [1.807, 2.05) is 60.4 Å². The minimum Gasteiger partial charge on any atom is -0.465 e. The van der Waals surface area contributed by atoms with Crippen LogP contribution >= 0.6 is 0 Å². The molecular weight excluding hydrogens is 556 g/mol. The van der Waals surface area contributed by atoms with Crippen LogP contribution in [0.25, 0.3) is 0 Å². The van der Waals surface area contributed by atoms with E-state index in [1.54, 1.807) is 4.90 Å². The molecule has 0 aliphatic carbocycles. The minimum atomic E-state index is -1.40. The number of rotatable bonds is 7. The molecule has 4 heterocycles. The smallest absolute Gasteiger partial charge is 0.313 e. The number of ether oxygens (including phenoxy) is 2. The number of carbonyl (C=O) groups is 3. The van der Waals surface area contributed by atoms with Gasteiger partial charge in [0.1, 0.15) is 23.2 Å². The monoisotopic (exact) mass is 606 g/mol. The van der Waals surface area contributed by atoms with Gasteiger partial charge >= 0.3 is 5.97 Å². The number of hydrogen-bond donors (Lipinski definition) is 1. The fourth-order valence-electron chi connectivity index (χ4n) is 8.45. The van der Waals surface area contributed by atoms with Crippen molar-refractivity contribution in [2.45, 2.75) is 109 Å². The van der Waals surface area contributed by atoms with Crippen molar-refractivity contribution in [3.8, 4) is 0 Å². The van der Waals surface area contributed by atoms with E-state index in [4.69, 9.17) is 9.47 Å². The van der Waals surface area contributed by atoms with E-state index in [0.717, 1.165) is 31.2 Å². The summed E-state index contributed by atoms with van der Waals surface area (Å²) in [5.41, 5.74) is -2.16. The molecule has 1 aromatic carbocycles. The van der Waals surface area contributed by atoms with Crippen molar-refractivity contribution >= 4 is 17.8 Å². The van der Waals surface area contributed by atoms with Gasteiger partial charge in [0.05, 0.1) is 25.2 Å². The van der Waals surface area contributed by atoms with Crippen molar-refractivity contribution < 1.29 is 29.0 Å². The zero-order chi connectivity index (χ0) is 31.9. The molecule has 2 saturated heterocycles. The van der Waals surface area contributed by atoms with Crippen molar-refractivity contribution in [3.05, 3.63) is 60.2 Å². The number of carbonyl (C=O) groups excluding carboxylic acids is 3. The summed E-state index contributed by atoms with van der Waals surface area (Å²) in [4.78, 5) is 47.3. The van der Waals surface area contributed by atoms with Crippen LogP contribution in [0.4, 0.5) is 0 Å². The minimum absolute atomic E-state index is 0.0563. The van der Waals surface area contributed by atoms with Crippen molar-refractivity contribution in [2.75, 3.05) is 19.8 Å². The average Bonchev–Trinajstić information content (AvgIpc) is 3.32. The van der Waals surface area contributed by atoms with Crippen LogP contribution in [-0.4, -0.2) is 81.3 Å². The Morgan fingerprint density at radius 3 is 2.36 bits per heavy atom. The van der Waals surface area contributed by atoms with Gasteiger partial charge in [-0.1, -0.05) is 82.3 Å². The molecule has 0 saturated carbocycles. The Labute approximate surface area is 262 Å². The maximum Gasteiger partial charge on any atom is 0.313 e. The predicted octanol–water partition coefficient (Wildman–Crippen LogP) is 4.85. The summed E-state index contributed by atoms with van der Waals surface area (Å²) in [5, 5.41) is 10.8. The van der Waals surface area contributed by atoms with E-state index >= 15 is 4.79 Å². The Morgan fingerprint density at radius 1 is 0.977 bits per heavy atom. The van der Waals surface area contributed by atoms with Gasteiger partial charge < -0.3 is 24.4 Å². The molecule has 4 aliphatic heterocycles. The summed E-state index contributed by atoms with van der Waals surface area (Å²) in [6.07, 6.45) is 11.8. The van der Waals surface area contributed by atoms with Gasteiger partial charge in [-0.15, -0.1) is 0 Å². The van der Waals surface area contributed by atoms with Gasteiger partial charge in [0.25, 0.3) is 0 Å². The van der Waals surface area contributed by atoms with E-state index in [0.29, 0.717) is 19.4 Å². The van der Waals surface area contributed by atoms with Crippen LogP contribution in [0.2, 0.25) is 0 Å². The molecule has 5 rings (SSSR count). The highest BCUT2D eigenvalue weighted by atomic mass is 16.6. The Hall–Kier alpha value is -2.97. The molecule has 6 atom stereocenters. The molecule has 1 aromatic rings. The standard InChI is InChI=1S/C36H50N2O6/c1-7-35-18-13-8-9-14-21-43-32(42)28(35)27-30(40)38(26(23-39)22-25-16-11-10-12-17-25)29-31(41)37(20-15-19-36(27,29)44-35)34(5,6)24-33(2,3)4/h10-13,15-19,26-29,39H,7-9,14,20-24H2,1-6H3/b18-13-/t26-,27+,28+,29?,35-,36+/m1/s1. The molecule has 240 valence electrons. The van der Waals surface area contributed by atoms with Crippen molar-refractivity contribution in [3.63, 3.8) is 0 Å². The van der Waals surface area contributed by atoms with Crippen LogP contribution in [0, 0.1) is 17.3 Å². The quantitative estimate of drug-likeness (QED) is 0.352. The number of esters is 1. The Balaban J connectivity index is 1.68. The highest BCUT2D eigenvalue weighted by Gasteiger charge is 2.76. The van der Waals surface area contributed by atoms with Crippen LogP contribution in [0.15, 0.2) is 54.6 Å². The second-order valence-corrected chi connectivity index (χ2v) is 14.9. The van der Waals surface area contributed by atoms with E-state index in [-0.39, 0.29) is 30.4 Å². The third kappa shape index (κ3) is 5.64. The van der Waals surface area contributed by atoms with Gasteiger partial charge in [0, 0.05) is 12.1 Å². The lowest BCUT2D eigenvalue weighted by atomic mass is 9.73. The third-order valence-corrected chi connectivity index (χ3v) is 9.93. The molecule has 2 amide bonds. The lowest BCUT2D eigenvalue weighted by Crippen LogP contribution is -2.62. The molecule has 0 radical (unpaired) electrons. The normalized spacial score (nSPS) is 32.4. The number of amides is 2. The zero-order valence-electron chi connectivity index (χ0n) is 27.3. The fraction of sp³-hybridized carbons (Fsp3) is 0.639. The predicted molar refractivity (Wildman–Crippen MR) is 168 cm³/mol. The first kappa shape index (κ1) is 32.4. The highest BCUT2D eigenvalue weighted by molar-refractivity contribution is 5.99. The van der Waals surface area contributed by atoms with Crippen molar-refractivity contribution in [1.29, 1.82) is 0 Å². The molecular formula is C36H50N2O6. The molecule has 8 nitrogen and oxygen atoms in total. The summed E-state index contributed by atoms with van der Waals surface area (Å²) in [5.74, 6) is -2.93. The Morgan fingerprint density at radius 2 is 1.70 bits per heavy atom. The SMILES string of the molecule is CC[C@@]12/C=C\CCCCOC(=O)[C@@H]1[C@H]1C(=O)N([C@@H](CO)Cc3ccccc3)C3C(=O)N(C(C)(C)CC(C)(C)C)CC=C[C@@]31O2. The molecule has 1 unspecified atom stereocenters. The number of cyclic esters (lactones) is 1. The summed E-state index contributed by atoms with van der Waals surface area (Å²) in [6.45, 7) is 12.9. The number of aliphatic hydroxyl groups is 1. The second-order valence-electron chi connectivity index (χ2n) is 14.9. The second kappa shape index (κ2) is 12.1. The largest absolute Gasteiger partial charge is 0.465 e. The summed E-state index contributed by atoms with van der Waals surface area (Å²) < 4.78 is 12.9. The number of nitrogens with zero attached hydrogens (tertiary/aromatic N) is 2. The number of allylic oxidation sites excluding steroid dienone is 1. The van der Waals surface area contributed by atoms with Crippen molar-refractivity contribution in [2.24, 2.45) is 17.3 Å². The first-order valence-electron chi connectivity index (χ1n) is 16.3. The van der Waals surface area contributed by atoms with Gasteiger partial charge in [0.2, 0.25) is 11.8 Å². The van der Waals surface area contributed by atoms with Gasteiger partial charge in [-0.3, -0.25) is 14.4 Å². The third-order valence-electron chi connectivity index (χ3n) is 9.93. The summed E-state index contributed by atoms with van der Waals surface area (Å²) in [6, 6.07) is 7.92. The zero-order valence-corrected chi connectivity index (χ0v) is 27.3. The van der Waals surface area contributed by atoms with Crippen LogP contribution in [0.5, 0.6) is 0 Å². The van der Waals surface area contributed by atoms with E-state index in [1.165, 1.54) is 0 Å². The maximum atomic E-state index is 15.0. The molecule has 8 heteroatoms. The van der Waals surface area contributed by atoms with Crippen LogP contribution in [0.3, 0.4) is 0 Å². The lowest BCUT2D eigenvalue weighted by Gasteiger charge is -2.46. The molecule has 2 fully saturated rings. The van der Waals surface area contributed by atoms with E-state index < -0.39 is 46.6 Å². The summed E-state index contributed by atoms with van der Waals surface area (Å²) in [7, 11) is 0. The van der Waals surface area contributed by atoms with Crippen molar-refractivity contribution in [1.82, 2.24) is 9.80 Å². The average molecular weight is 607 g/mol. The van der Waals surface area contributed by atoms with E-state index in [9.17, 15) is 14.7 Å². The molecule has 0 bridgehead atoms.